The Morgan fingerprint density at radius 3 is 2.61 bits per heavy atom. The van der Waals surface area contributed by atoms with Gasteiger partial charge < -0.3 is 9.80 Å². The lowest BCUT2D eigenvalue weighted by Crippen LogP contribution is -3.14. The Bertz CT molecular complexity index is 908. The molecular weight excluding hydrogens is 352 g/mol. The molecule has 0 amide bonds. The molecule has 0 unspecified atom stereocenters. The van der Waals surface area contributed by atoms with E-state index in [0.717, 1.165) is 38.4 Å². The Balaban J connectivity index is 1.61. The van der Waals surface area contributed by atoms with Crippen LogP contribution in [0.3, 0.4) is 0 Å². The lowest BCUT2D eigenvalue weighted by atomic mass is 10.1. The van der Waals surface area contributed by atoms with Crippen LogP contribution >= 0.6 is 0 Å². The van der Waals surface area contributed by atoms with Crippen molar-refractivity contribution in [2.24, 2.45) is 0 Å². The number of hydrogen-bond acceptors (Lipinski definition) is 4. The molecule has 0 spiro atoms. The Morgan fingerprint density at radius 1 is 1.18 bits per heavy atom. The van der Waals surface area contributed by atoms with Crippen molar-refractivity contribution in [3.05, 3.63) is 88.0 Å². The maximum atomic E-state index is 11.1. The van der Waals surface area contributed by atoms with Crippen LogP contribution in [-0.2, 0) is 0 Å². The lowest BCUT2D eigenvalue weighted by Gasteiger charge is -2.34. The van der Waals surface area contributed by atoms with Gasteiger partial charge in [0.15, 0.2) is 0 Å². The normalized spacial score (nSPS) is 15.5. The van der Waals surface area contributed by atoms with Crippen molar-refractivity contribution in [2.75, 3.05) is 32.7 Å². The van der Waals surface area contributed by atoms with Crippen LogP contribution in [0.15, 0.2) is 66.7 Å². The van der Waals surface area contributed by atoms with Gasteiger partial charge in [-0.15, -0.1) is 0 Å². The van der Waals surface area contributed by atoms with Crippen molar-refractivity contribution in [2.45, 2.75) is 0 Å². The summed E-state index contributed by atoms with van der Waals surface area (Å²) in [6.07, 6.45) is 5.83. The summed E-state index contributed by atoms with van der Waals surface area (Å²) in [6.45, 7) is 4.49. The van der Waals surface area contributed by atoms with Gasteiger partial charge in [0.05, 0.1) is 49.4 Å². The van der Waals surface area contributed by atoms with Crippen molar-refractivity contribution in [3.8, 4) is 6.07 Å². The zero-order valence-corrected chi connectivity index (χ0v) is 15.6. The Hall–Kier alpha value is -3.43. The van der Waals surface area contributed by atoms with E-state index in [-0.39, 0.29) is 5.69 Å². The van der Waals surface area contributed by atoms with E-state index in [1.165, 1.54) is 28.7 Å². The average molecular weight is 375 g/mol. The summed E-state index contributed by atoms with van der Waals surface area (Å²) in [4.78, 5) is 14.3. The lowest BCUT2D eigenvalue weighted by molar-refractivity contribution is -0.898. The van der Waals surface area contributed by atoms with Crippen LogP contribution in [0, 0.1) is 21.4 Å². The molecule has 0 atom stereocenters. The minimum Gasteiger partial charge on any atom is -0.359 e. The van der Waals surface area contributed by atoms with Crippen molar-refractivity contribution >= 4 is 17.5 Å². The standard InChI is InChI=1S/C22H22N4O2/c23-12-11-22(20-9-4-10-21(18-20)26(27)28)25-16-14-24(15-17-25)13-5-8-19-6-2-1-3-7-19/h1-11,18H,13-17H2/p+1/b8-5+,22-11+. The number of nitro benzene ring substituents is 1. The molecule has 2 aromatic carbocycles. The van der Waals surface area contributed by atoms with Gasteiger partial charge in [0.1, 0.15) is 0 Å². The van der Waals surface area contributed by atoms with Crippen molar-refractivity contribution in [1.29, 1.82) is 5.26 Å². The van der Waals surface area contributed by atoms with Gasteiger partial charge in [0.2, 0.25) is 0 Å². The van der Waals surface area contributed by atoms with E-state index < -0.39 is 4.92 Å². The first kappa shape index (κ1) is 19.3. The van der Waals surface area contributed by atoms with E-state index in [1.54, 1.807) is 6.07 Å². The monoisotopic (exact) mass is 375 g/mol. The molecule has 0 saturated carbocycles. The van der Waals surface area contributed by atoms with Gasteiger partial charge in [0.25, 0.3) is 5.69 Å². The van der Waals surface area contributed by atoms with Crippen LogP contribution in [0.2, 0.25) is 0 Å². The van der Waals surface area contributed by atoms with E-state index in [1.807, 2.05) is 24.3 Å². The van der Waals surface area contributed by atoms with Gasteiger partial charge in [-0.25, -0.2) is 0 Å². The fraction of sp³-hybridized carbons (Fsp3) is 0.227. The number of quaternary nitrogens is 1. The molecular formula is C22H23N4O2+. The zero-order valence-electron chi connectivity index (χ0n) is 15.6. The van der Waals surface area contributed by atoms with Gasteiger partial charge in [-0.3, -0.25) is 10.1 Å². The van der Waals surface area contributed by atoms with Crippen LogP contribution < -0.4 is 4.90 Å². The number of nitrogens with one attached hydrogen (secondary N) is 1. The summed E-state index contributed by atoms with van der Waals surface area (Å²) in [5, 5.41) is 20.2. The number of nitro groups is 1. The number of piperazine rings is 1. The predicted octanol–water partition coefficient (Wildman–Crippen LogP) is 2.37. The first-order chi connectivity index (χ1) is 13.7. The van der Waals surface area contributed by atoms with E-state index in [2.05, 4.69) is 35.3 Å². The number of benzene rings is 2. The molecule has 1 saturated heterocycles. The number of allylic oxidation sites excluding steroid dienone is 1. The highest BCUT2D eigenvalue weighted by Crippen LogP contribution is 2.23. The summed E-state index contributed by atoms with van der Waals surface area (Å²) >= 11 is 0. The highest BCUT2D eigenvalue weighted by Gasteiger charge is 2.22. The molecule has 142 valence electrons. The third-order valence-electron chi connectivity index (χ3n) is 4.88. The molecule has 6 nitrogen and oxygen atoms in total. The molecule has 3 rings (SSSR count). The molecule has 0 aromatic heterocycles. The second-order valence-corrected chi connectivity index (χ2v) is 6.72. The Morgan fingerprint density at radius 2 is 1.93 bits per heavy atom. The van der Waals surface area contributed by atoms with Crippen LogP contribution in [0.5, 0.6) is 0 Å². The number of nitriles is 1. The molecule has 1 heterocycles. The summed E-state index contributed by atoms with van der Waals surface area (Å²) < 4.78 is 0. The Labute approximate surface area is 164 Å². The fourth-order valence-corrected chi connectivity index (χ4v) is 3.39. The topological polar surface area (TPSA) is 74.6 Å². The third kappa shape index (κ3) is 5.06. The molecule has 1 fully saturated rings. The summed E-state index contributed by atoms with van der Waals surface area (Å²) in [7, 11) is 0. The number of nitrogens with zero attached hydrogens (tertiary/aromatic N) is 3. The largest absolute Gasteiger partial charge is 0.359 e. The highest BCUT2D eigenvalue weighted by atomic mass is 16.6. The van der Waals surface area contributed by atoms with Crippen molar-refractivity contribution in [1.82, 2.24) is 4.90 Å². The summed E-state index contributed by atoms with van der Waals surface area (Å²) in [5.74, 6) is 0. The summed E-state index contributed by atoms with van der Waals surface area (Å²) in [5.41, 5.74) is 2.70. The average Bonchev–Trinajstić information content (AvgIpc) is 2.73. The van der Waals surface area contributed by atoms with E-state index in [9.17, 15) is 15.4 Å². The number of rotatable bonds is 6. The molecule has 1 N–H and O–H groups in total. The minimum absolute atomic E-state index is 0.0386. The maximum Gasteiger partial charge on any atom is 0.270 e. The van der Waals surface area contributed by atoms with Gasteiger partial charge in [0, 0.05) is 23.8 Å². The zero-order chi connectivity index (χ0) is 19.8. The van der Waals surface area contributed by atoms with Gasteiger partial charge >= 0.3 is 0 Å². The van der Waals surface area contributed by atoms with Gasteiger partial charge in [-0.2, -0.15) is 5.26 Å². The van der Waals surface area contributed by atoms with E-state index in [0.29, 0.717) is 5.56 Å². The smallest absolute Gasteiger partial charge is 0.270 e. The molecule has 2 aromatic rings. The summed E-state index contributed by atoms with van der Waals surface area (Å²) in [6, 6.07) is 18.8. The predicted molar refractivity (Wildman–Crippen MR) is 109 cm³/mol. The van der Waals surface area contributed by atoms with Gasteiger partial charge in [-0.05, 0) is 11.6 Å². The van der Waals surface area contributed by atoms with E-state index in [4.69, 9.17) is 0 Å². The first-order valence-electron chi connectivity index (χ1n) is 9.32. The van der Waals surface area contributed by atoms with Crippen molar-refractivity contribution in [3.63, 3.8) is 0 Å². The highest BCUT2D eigenvalue weighted by molar-refractivity contribution is 5.68. The second kappa shape index (κ2) is 9.49. The van der Waals surface area contributed by atoms with Crippen LogP contribution in [0.25, 0.3) is 11.8 Å². The van der Waals surface area contributed by atoms with Crippen LogP contribution in [-0.4, -0.2) is 42.5 Å². The van der Waals surface area contributed by atoms with E-state index >= 15 is 0 Å². The minimum atomic E-state index is -0.408. The SMILES string of the molecule is N#C/C=C(\c1cccc([N+](=O)[O-])c1)N1CC[NH+](C/C=C/c2ccccc2)CC1. The molecule has 28 heavy (non-hydrogen) atoms. The van der Waals surface area contributed by atoms with Gasteiger partial charge in [-0.1, -0.05) is 48.5 Å². The van der Waals surface area contributed by atoms with Crippen molar-refractivity contribution < 1.29 is 9.82 Å². The first-order valence-corrected chi connectivity index (χ1v) is 9.32. The second-order valence-electron chi connectivity index (χ2n) is 6.72. The van der Waals surface area contributed by atoms with Crippen LogP contribution in [0.1, 0.15) is 11.1 Å². The third-order valence-corrected chi connectivity index (χ3v) is 4.88. The van der Waals surface area contributed by atoms with Crippen LogP contribution in [0.4, 0.5) is 5.69 Å². The Kier molecular flexibility index (Phi) is 6.55. The molecule has 0 aliphatic carbocycles. The fourth-order valence-electron chi connectivity index (χ4n) is 3.39. The molecule has 0 radical (unpaired) electrons. The maximum absolute atomic E-state index is 11.1. The molecule has 1 aliphatic heterocycles. The molecule has 1 aliphatic rings. The number of non-ortho nitro benzene ring substituents is 1. The quantitative estimate of drug-likeness (QED) is 0.478. The number of hydrogen-bond donors (Lipinski definition) is 1. The molecule has 0 bridgehead atoms. The molecule has 6 heteroatoms.